The van der Waals surface area contributed by atoms with E-state index in [-0.39, 0.29) is 0 Å². The van der Waals surface area contributed by atoms with Crippen LogP contribution < -0.4 is 5.73 Å². The molecule has 0 aliphatic carbocycles. The van der Waals surface area contributed by atoms with Gasteiger partial charge in [0.1, 0.15) is 10.9 Å². The molecule has 0 atom stereocenters. The molecule has 0 bridgehead atoms. The fourth-order valence-electron chi connectivity index (χ4n) is 2.15. The van der Waals surface area contributed by atoms with Crippen molar-refractivity contribution in [3.05, 3.63) is 76.7 Å². The summed E-state index contributed by atoms with van der Waals surface area (Å²) in [4.78, 5) is 10.2. The lowest BCUT2D eigenvalue weighted by atomic mass is 10.1. The molecule has 0 spiro atoms. The Morgan fingerprint density at radius 3 is 2.65 bits per heavy atom. The van der Waals surface area contributed by atoms with Crippen LogP contribution in [0.3, 0.4) is 0 Å². The molecule has 3 nitrogen and oxygen atoms in total. The van der Waals surface area contributed by atoms with Gasteiger partial charge >= 0.3 is 0 Å². The Balaban J connectivity index is 1.82. The quantitative estimate of drug-likeness (QED) is 0.549. The smallest absolute Gasteiger partial charge is 0.133 e. The molecule has 0 aliphatic heterocycles. The van der Waals surface area contributed by atoms with Crippen molar-refractivity contribution >= 4 is 29.1 Å². The fraction of sp³-hybridized carbons (Fsp3) is 0.111. The van der Waals surface area contributed by atoms with Crippen molar-refractivity contribution in [2.24, 2.45) is 0 Å². The Hall–Kier alpha value is -2.04. The highest BCUT2D eigenvalue weighted by Gasteiger charge is 2.07. The number of rotatable bonds is 4. The lowest BCUT2D eigenvalue weighted by Crippen LogP contribution is -2.00. The molecule has 3 aromatic rings. The summed E-state index contributed by atoms with van der Waals surface area (Å²) in [6.45, 7) is 2.02. The molecule has 1 aromatic heterocycles. The maximum atomic E-state index is 5.93. The number of nitrogens with two attached hydrogens (primary N) is 1. The molecule has 0 saturated carbocycles. The molecule has 3 rings (SSSR count). The summed E-state index contributed by atoms with van der Waals surface area (Å²) in [6, 6.07) is 15.6. The van der Waals surface area contributed by atoms with Crippen molar-refractivity contribution < 1.29 is 0 Å². The van der Waals surface area contributed by atoms with Crippen LogP contribution in [0.1, 0.15) is 17.0 Å². The van der Waals surface area contributed by atoms with Crippen LogP contribution in [0.2, 0.25) is 5.02 Å². The summed E-state index contributed by atoms with van der Waals surface area (Å²) in [7, 11) is 0. The molecule has 0 amide bonds. The molecular weight excluding hydrogens is 326 g/mol. The number of benzene rings is 2. The SMILES string of the molecule is Cc1cnc(Cc2cccc(N)c2)nc1Sc1ccc(Cl)cc1. The average Bonchev–Trinajstić information content (AvgIpc) is 2.53. The number of aryl methyl sites for hydroxylation is 1. The van der Waals surface area contributed by atoms with Gasteiger partial charge in [-0.2, -0.15) is 0 Å². The zero-order chi connectivity index (χ0) is 16.2. The van der Waals surface area contributed by atoms with Gasteiger partial charge in [0, 0.05) is 28.2 Å². The first-order valence-electron chi connectivity index (χ1n) is 7.20. The number of anilines is 1. The molecule has 1 heterocycles. The first kappa shape index (κ1) is 15.8. The molecular formula is C18H16ClN3S. The molecule has 0 unspecified atom stereocenters. The standard InChI is InChI=1S/C18H16ClN3S/c1-12-11-21-17(10-13-3-2-4-15(20)9-13)22-18(12)23-16-7-5-14(19)6-8-16/h2-9,11H,10,20H2,1H3. The summed E-state index contributed by atoms with van der Waals surface area (Å²) in [5.74, 6) is 0.790. The molecule has 23 heavy (non-hydrogen) atoms. The maximum absolute atomic E-state index is 5.93. The third kappa shape index (κ3) is 4.24. The third-order valence-corrected chi connectivity index (χ3v) is 4.68. The molecule has 0 saturated heterocycles. The van der Waals surface area contributed by atoms with E-state index in [2.05, 4.69) is 4.98 Å². The van der Waals surface area contributed by atoms with Crippen LogP contribution >= 0.6 is 23.4 Å². The normalized spacial score (nSPS) is 10.7. The topological polar surface area (TPSA) is 51.8 Å². The average molecular weight is 342 g/mol. The predicted molar refractivity (Wildman–Crippen MR) is 96.0 cm³/mol. The van der Waals surface area contributed by atoms with Crippen molar-refractivity contribution in [3.63, 3.8) is 0 Å². The fourth-order valence-corrected chi connectivity index (χ4v) is 3.14. The number of nitrogen functional groups attached to an aromatic ring is 1. The summed E-state index contributed by atoms with van der Waals surface area (Å²) in [6.07, 6.45) is 2.53. The predicted octanol–water partition coefficient (Wildman–Crippen LogP) is 4.76. The second-order valence-corrected chi connectivity index (χ2v) is 6.75. The Labute approximate surface area is 144 Å². The molecule has 0 fully saturated rings. The van der Waals surface area contributed by atoms with E-state index in [1.165, 1.54) is 0 Å². The van der Waals surface area contributed by atoms with Gasteiger partial charge in [-0.1, -0.05) is 35.5 Å². The van der Waals surface area contributed by atoms with Crippen molar-refractivity contribution in [3.8, 4) is 0 Å². The molecule has 2 N–H and O–H groups in total. The van der Waals surface area contributed by atoms with E-state index in [1.807, 2.05) is 61.7 Å². The minimum atomic E-state index is 0.666. The summed E-state index contributed by atoms with van der Waals surface area (Å²) in [5.41, 5.74) is 8.74. The minimum Gasteiger partial charge on any atom is -0.399 e. The first-order chi connectivity index (χ1) is 11.1. The van der Waals surface area contributed by atoms with Gasteiger partial charge in [0.25, 0.3) is 0 Å². The van der Waals surface area contributed by atoms with Gasteiger partial charge in [-0.05, 0) is 54.4 Å². The van der Waals surface area contributed by atoms with Gasteiger partial charge in [0.2, 0.25) is 0 Å². The molecule has 0 radical (unpaired) electrons. The van der Waals surface area contributed by atoms with Gasteiger partial charge < -0.3 is 5.73 Å². The number of halogens is 1. The van der Waals surface area contributed by atoms with E-state index in [4.69, 9.17) is 22.3 Å². The highest BCUT2D eigenvalue weighted by atomic mass is 35.5. The zero-order valence-electron chi connectivity index (χ0n) is 12.7. The van der Waals surface area contributed by atoms with E-state index in [0.717, 1.165) is 37.6 Å². The lowest BCUT2D eigenvalue weighted by Gasteiger charge is -2.08. The summed E-state index contributed by atoms with van der Waals surface area (Å²) in [5, 5.41) is 1.69. The van der Waals surface area contributed by atoms with Gasteiger partial charge in [-0.3, -0.25) is 0 Å². The molecule has 0 aliphatic rings. The monoisotopic (exact) mass is 341 g/mol. The second kappa shape index (κ2) is 7.02. The Bertz CT molecular complexity index is 819. The first-order valence-corrected chi connectivity index (χ1v) is 8.40. The van der Waals surface area contributed by atoms with Crippen LogP contribution in [0.15, 0.2) is 64.6 Å². The maximum Gasteiger partial charge on any atom is 0.133 e. The van der Waals surface area contributed by atoms with Crippen molar-refractivity contribution in [1.82, 2.24) is 9.97 Å². The highest BCUT2D eigenvalue weighted by Crippen LogP contribution is 2.29. The molecule has 116 valence electrons. The van der Waals surface area contributed by atoms with E-state index in [0.29, 0.717) is 6.42 Å². The van der Waals surface area contributed by atoms with Gasteiger partial charge in [0.05, 0.1) is 0 Å². The van der Waals surface area contributed by atoms with Gasteiger partial charge in [-0.15, -0.1) is 0 Å². The number of aromatic nitrogens is 2. The highest BCUT2D eigenvalue weighted by molar-refractivity contribution is 7.99. The number of nitrogens with zero attached hydrogens (tertiary/aromatic N) is 2. The largest absolute Gasteiger partial charge is 0.399 e. The summed E-state index contributed by atoms with van der Waals surface area (Å²) < 4.78 is 0. The Morgan fingerprint density at radius 1 is 1.13 bits per heavy atom. The zero-order valence-corrected chi connectivity index (χ0v) is 14.2. The van der Waals surface area contributed by atoms with Gasteiger partial charge in [0.15, 0.2) is 0 Å². The number of hydrogen-bond donors (Lipinski definition) is 1. The third-order valence-electron chi connectivity index (χ3n) is 3.32. The van der Waals surface area contributed by atoms with Crippen LogP contribution in [0.25, 0.3) is 0 Å². The van der Waals surface area contributed by atoms with Crippen LogP contribution in [-0.4, -0.2) is 9.97 Å². The lowest BCUT2D eigenvalue weighted by molar-refractivity contribution is 0.890. The summed E-state index contributed by atoms with van der Waals surface area (Å²) >= 11 is 7.55. The van der Waals surface area contributed by atoms with Crippen LogP contribution in [0, 0.1) is 6.92 Å². The van der Waals surface area contributed by atoms with E-state index in [1.54, 1.807) is 11.8 Å². The van der Waals surface area contributed by atoms with Crippen molar-refractivity contribution in [2.75, 3.05) is 5.73 Å². The second-order valence-electron chi connectivity index (χ2n) is 5.25. The molecule has 5 heteroatoms. The van der Waals surface area contributed by atoms with E-state index in [9.17, 15) is 0 Å². The molecule has 2 aromatic carbocycles. The van der Waals surface area contributed by atoms with Gasteiger partial charge in [-0.25, -0.2) is 9.97 Å². The number of hydrogen-bond acceptors (Lipinski definition) is 4. The van der Waals surface area contributed by atoms with Crippen LogP contribution in [-0.2, 0) is 6.42 Å². The Kier molecular flexibility index (Phi) is 4.84. The van der Waals surface area contributed by atoms with Crippen LogP contribution in [0.4, 0.5) is 5.69 Å². The minimum absolute atomic E-state index is 0.666. The van der Waals surface area contributed by atoms with E-state index >= 15 is 0 Å². The van der Waals surface area contributed by atoms with Crippen molar-refractivity contribution in [2.45, 2.75) is 23.3 Å². The Morgan fingerprint density at radius 2 is 1.91 bits per heavy atom. The van der Waals surface area contributed by atoms with E-state index < -0.39 is 0 Å². The van der Waals surface area contributed by atoms with Crippen molar-refractivity contribution in [1.29, 1.82) is 0 Å². The van der Waals surface area contributed by atoms with Crippen LogP contribution in [0.5, 0.6) is 0 Å².